The van der Waals surface area contributed by atoms with Crippen LogP contribution >= 0.6 is 0 Å². The number of unbranched alkanes of at least 4 members (excludes halogenated alkanes) is 3. The van der Waals surface area contributed by atoms with Gasteiger partial charge in [0.05, 0.1) is 0 Å². The number of rotatable bonds is 7. The second kappa shape index (κ2) is 6.57. The minimum absolute atomic E-state index is 1.07. The quantitative estimate of drug-likeness (QED) is 0.637. The van der Waals surface area contributed by atoms with Crippen LogP contribution < -0.4 is 0 Å². The SMILES string of the molecule is CN1[C]N(CCCCCCN2[C]N(C)C=C2)C=C1. The van der Waals surface area contributed by atoms with Gasteiger partial charge in [0.2, 0.25) is 13.3 Å². The molecule has 0 aliphatic carbocycles. The molecular formula is C14H22N4. The van der Waals surface area contributed by atoms with Gasteiger partial charge in [0.1, 0.15) is 0 Å². The fraction of sp³-hybridized carbons (Fsp3) is 0.571. The molecule has 0 amide bonds. The summed E-state index contributed by atoms with van der Waals surface area (Å²) < 4.78 is 0. The molecule has 2 rings (SSSR count). The van der Waals surface area contributed by atoms with Gasteiger partial charge in [-0.05, 0) is 12.8 Å². The summed E-state index contributed by atoms with van der Waals surface area (Å²) in [5.41, 5.74) is 0. The maximum atomic E-state index is 3.22. The van der Waals surface area contributed by atoms with E-state index in [1.165, 1.54) is 25.7 Å². The van der Waals surface area contributed by atoms with Gasteiger partial charge in [-0.25, -0.2) is 0 Å². The third-order valence-corrected chi connectivity index (χ3v) is 3.06. The summed E-state index contributed by atoms with van der Waals surface area (Å²) in [5.74, 6) is 0. The Morgan fingerprint density at radius 2 is 1.11 bits per heavy atom. The third-order valence-electron chi connectivity index (χ3n) is 3.06. The third kappa shape index (κ3) is 4.17. The monoisotopic (exact) mass is 246 g/mol. The fourth-order valence-electron chi connectivity index (χ4n) is 2.07. The largest absolute Gasteiger partial charge is 0.349 e. The predicted octanol–water partition coefficient (Wildman–Crippen LogP) is 1.98. The Kier molecular flexibility index (Phi) is 4.79. The van der Waals surface area contributed by atoms with Gasteiger partial charge in [-0.3, -0.25) is 0 Å². The number of hydrogen-bond acceptors (Lipinski definition) is 4. The Hall–Kier alpha value is -1.32. The van der Waals surface area contributed by atoms with E-state index >= 15 is 0 Å². The summed E-state index contributed by atoms with van der Waals surface area (Å²) in [6.45, 7) is 8.58. The Morgan fingerprint density at radius 1 is 0.667 bits per heavy atom. The van der Waals surface area contributed by atoms with Crippen molar-refractivity contribution in [1.82, 2.24) is 19.6 Å². The number of hydrogen-bond donors (Lipinski definition) is 0. The summed E-state index contributed by atoms with van der Waals surface area (Å²) in [5, 5.41) is 0. The smallest absolute Gasteiger partial charge is 0.207 e. The van der Waals surface area contributed by atoms with Gasteiger partial charge in [0.25, 0.3) is 0 Å². The molecule has 0 aromatic rings. The van der Waals surface area contributed by atoms with Gasteiger partial charge in [-0.2, -0.15) is 0 Å². The zero-order chi connectivity index (χ0) is 12.8. The molecule has 0 spiro atoms. The van der Waals surface area contributed by atoms with E-state index < -0.39 is 0 Å². The highest BCUT2D eigenvalue weighted by Gasteiger charge is 2.11. The molecule has 0 atom stereocenters. The van der Waals surface area contributed by atoms with Gasteiger partial charge < -0.3 is 19.6 Å². The van der Waals surface area contributed by atoms with Gasteiger partial charge >= 0.3 is 0 Å². The van der Waals surface area contributed by atoms with Crippen molar-refractivity contribution in [2.75, 3.05) is 27.2 Å². The summed E-state index contributed by atoms with van der Waals surface area (Å²) in [6.07, 6.45) is 13.2. The predicted molar refractivity (Wildman–Crippen MR) is 72.2 cm³/mol. The van der Waals surface area contributed by atoms with Crippen molar-refractivity contribution in [3.8, 4) is 0 Å². The molecule has 2 heterocycles. The van der Waals surface area contributed by atoms with E-state index in [2.05, 4.69) is 35.5 Å². The lowest BCUT2D eigenvalue weighted by Crippen LogP contribution is -2.18. The van der Waals surface area contributed by atoms with Crippen LogP contribution in [0.1, 0.15) is 25.7 Å². The van der Waals surface area contributed by atoms with Crippen LogP contribution in [0.5, 0.6) is 0 Å². The van der Waals surface area contributed by atoms with Crippen molar-refractivity contribution in [2.24, 2.45) is 0 Å². The molecule has 2 aliphatic rings. The zero-order valence-electron chi connectivity index (χ0n) is 11.3. The van der Waals surface area contributed by atoms with E-state index in [0.29, 0.717) is 0 Å². The van der Waals surface area contributed by atoms with Crippen molar-refractivity contribution >= 4 is 0 Å². The summed E-state index contributed by atoms with van der Waals surface area (Å²) in [7, 11) is 4.01. The summed E-state index contributed by atoms with van der Waals surface area (Å²) >= 11 is 0. The topological polar surface area (TPSA) is 13.0 Å². The summed E-state index contributed by atoms with van der Waals surface area (Å²) in [4.78, 5) is 8.17. The van der Waals surface area contributed by atoms with E-state index in [9.17, 15) is 0 Å². The van der Waals surface area contributed by atoms with Crippen LogP contribution in [-0.4, -0.2) is 46.8 Å². The number of nitrogens with zero attached hydrogens (tertiary/aromatic N) is 4. The average molecular weight is 246 g/mol. The first-order valence-corrected chi connectivity index (χ1v) is 6.62. The first kappa shape index (κ1) is 13.1. The highest BCUT2D eigenvalue weighted by atomic mass is 15.3. The maximum Gasteiger partial charge on any atom is 0.207 e. The van der Waals surface area contributed by atoms with Crippen LogP contribution in [0.2, 0.25) is 0 Å². The molecule has 0 aromatic heterocycles. The van der Waals surface area contributed by atoms with Crippen LogP contribution in [0.15, 0.2) is 24.8 Å². The lowest BCUT2D eigenvalue weighted by molar-refractivity contribution is 0.354. The van der Waals surface area contributed by atoms with Crippen LogP contribution in [0.4, 0.5) is 0 Å². The van der Waals surface area contributed by atoms with E-state index in [0.717, 1.165) is 13.1 Å². The van der Waals surface area contributed by atoms with Gasteiger partial charge in [0, 0.05) is 52.0 Å². The molecule has 2 aliphatic heterocycles. The first-order chi connectivity index (χ1) is 8.74. The Balaban J connectivity index is 1.42. The van der Waals surface area contributed by atoms with Crippen LogP contribution in [-0.2, 0) is 0 Å². The van der Waals surface area contributed by atoms with E-state index in [-0.39, 0.29) is 0 Å². The normalized spacial score (nSPS) is 18.6. The van der Waals surface area contributed by atoms with Crippen molar-refractivity contribution < 1.29 is 0 Å². The standard InChI is InChI=1S/C14H22N4/c1-15-9-11-17(13-15)7-5-3-4-6-8-18-12-10-16(2)14-18/h9-12H,3-8H2,1-2H3. The van der Waals surface area contributed by atoms with Gasteiger partial charge in [-0.15, -0.1) is 0 Å². The lowest BCUT2D eigenvalue weighted by atomic mass is 10.2. The Bertz CT molecular complexity index is 270. The van der Waals surface area contributed by atoms with Crippen molar-refractivity contribution in [3.05, 3.63) is 38.1 Å². The second-order valence-corrected chi connectivity index (χ2v) is 4.82. The van der Waals surface area contributed by atoms with E-state index in [1.54, 1.807) is 0 Å². The molecular weight excluding hydrogens is 224 g/mol. The van der Waals surface area contributed by atoms with Crippen molar-refractivity contribution in [3.63, 3.8) is 0 Å². The molecule has 98 valence electrons. The molecule has 4 nitrogen and oxygen atoms in total. The van der Waals surface area contributed by atoms with Crippen molar-refractivity contribution in [2.45, 2.75) is 25.7 Å². The molecule has 18 heavy (non-hydrogen) atoms. The van der Waals surface area contributed by atoms with Crippen LogP contribution in [0, 0.1) is 13.3 Å². The average Bonchev–Trinajstić information content (AvgIpc) is 2.93. The minimum atomic E-state index is 1.07. The van der Waals surface area contributed by atoms with E-state index in [1.807, 2.05) is 36.3 Å². The highest BCUT2D eigenvalue weighted by Crippen LogP contribution is 2.12. The molecule has 0 N–H and O–H groups in total. The van der Waals surface area contributed by atoms with Gasteiger partial charge in [0.15, 0.2) is 0 Å². The molecule has 4 radical (unpaired) electrons. The molecule has 0 saturated heterocycles. The highest BCUT2D eigenvalue weighted by molar-refractivity contribution is 4.95. The molecule has 4 heteroatoms. The van der Waals surface area contributed by atoms with Gasteiger partial charge in [-0.1, -0.05) is 12.8 Å². The molecule has 0 fully saturated rings. The molecule has 0 unspecified atom stereocenters. The molecule has 0 aromatic carbocycles. The fourth-order valence-corrected chi connectivity index (χ4v) is 2.07. The first-order valence-electron chi connectivity index (χ1n) is 6.62. The molecule has 0 bridgehead atoms. The van der Waals surface area contributed by atoms with E-state index in [4.69, 9.17) is 0 Å². The Morgan fingerprint density at radius 3 is 1.44 bits per heavy atom. The maximum absolute atomic E-state index is 3.22. The van der Waals surface area contributed by atoms with Crippen molar-refractivity contribution in [1.29, 1.82) is 0 Å². The second-order valence-electron chi connectivity index (χ2n) is 4.82. The lowest BCUT2D eigenvalue weighted by Gasteiger charge is -2.16. The van der Waals surface area contributed by atoms with Crippen LogP contribution in [0.3, 0.4) is 0 Å². The summed E-state index contributed by atoms with van der Waals surface area (Å²) in [6, 6.07) is 0. The van der Waals surface area contributed by atoms with Crippen LogP contribution in [0.25, 0.3) is 0 Å². The molecule has 0 saturated carbocycles. The minimum Gasteiger partial charge on any atom is -0.349 e. The zero-order valence-corrected chi connectivity index (χ0v) is 11.3. The Labute approximate surface area is 111 Å².